The zero-order valence-electron chi connectivity index (χ0n) is 9.49. The topological polar surface area (TPSA) is 94.9 Å². The maximum absolute atomic E-state index is 10.7. The predicted octanol–water partition coefficient (Wildman–Crippen LogP) is 1.03. The van der Waals surface area contributed by atoms with Crippen LogP contribution in [0.2, 0.25) is 0 Å². The number of hydrogen-bond acceptors (Lipinski definition) is 5. The number of fused-ring (bicyclic) bond motifs is 1. The smallest absolute Gasteiger partial charge is 0.348 e. The van der Waals surface area contributed by atoms with Crippen molar-refractivity contribution in [3.05, 3.63) is 17.8 Å². The summed E-state index contributed by atoms with van der Waals surface area (Å²) in [5, 5.41) is 3.11. The van der Waals surface area contributed by atoms with Crippen LogP contribution in [-0.4, -0.2) is 27.7 Å². The molecule has 2 rings (SSSR count). The molecule has 3 N–H and O–H groups in total. The first-order valence-corrected chi connectivity index (χ1v) is 6.61. The van der Waals surface area contributed by atoms with Crippen molar-refractivity contribution < 1.29 is 18.9 Å². The Hall–Kier alpha value is -1.14. The highest BCUT2D eigenvalue weighted by Gasteiger charge is 2.28. The molecule has 17 heavy (non-hydrogen) atoms. The van der Waals surface area contributed by atoms with Crippen LogP contribution in [0, 0.1) is 6.92 Å². The zero-order valence-corrected chi connectivity index (χ0v) is 10.4. The van der Waals surface area contributed by atoms with Crippen molar-refractivity contribution in [1.82, 2.24) is 4.98 Å². The van der Waals surface area contributed by atoms with Gasteiger partial charge in [-0.2, -0.15) is 0 Å². The van der Waals surface area contributed by atoms with Gasteiger partial charge in [-0.15, -0.1) is 0 Å². The highest BCUT2D eigenvalue weighted by molar-refractivity contribution is 7.46. The Balaban J connectivity index is 2.17. The number of pyridine rings is 1. The van der Waals surface area contributed by atoms with E-state index < -0.39 is 7.82 Å². The second-order valence-electron chi connectivity index (χ2n) is 3.86. The third-order valence-corrected chi connectivity index (χ3v) is 2.95. The van der Waals surface area contributed by atoms with Gasteiger partial charge in [-0.1, -0.05) is 0 Å². The van der Waals surface area contributed by atoms with Crippen molar-refractivity contribution in [2.24, 2.45) is 0 Å². The van der Waals surface area contributed by atoms with E-state index in [1.807, 2.05) is 26.0 Å². The number of phosphoric acid groups is 1. The largest absolute Gasteiger partial charge is 0.471 e. The minimum atomic E-state index is -4.46. The van der Waals surface area contributed by atoms with Crippen molar-refractivity contribution in [2.45, 2.75) is 20.0 Å². The molecule has 0 aromatic carbocycles. The molecule has 1 aliphatic rings. The number of aromatic nitrogens is 1. The van der Waals surface area contributed by atoms with Gasteiger partial charge in [-0.05, 0) is 26.0 Å². The number of anilines is 2. The Morgan fingerprint density at radius 3 is 2.94 bits per heavy atom. The van der Waals surface area contributed by atoms with Crippen LogP contribution in [0.15, 0.2) is 12.1 Å². The Bertz CT molecular complexity index is 475. The molecule has 1 unspecified atom stereocenters. The van der Waals surface area contributed by atoms with Gasteiger partial charge in [-0.25, -0.2) is 9.55 Å². The fourth-order valence-corrected chi connectivity index (χ4v) is 1.97. The normalized spacial score (nSPS) is 19.1. The van der Waals surface area contributed by atoms with Crippen LogP contribution in [0.3, 0.4) is 0 Å². The van der Waals surface area contributed by atoms with E-state index in [1.165, 1.54) is 0 Å². The van der Waals surface area contributed by atoms with Gasteiger partial charge in [0.15, 0.2) is 5.82 Å². The molecule has 1 aromatic rings. The summed E-state index contributed by atoms with van der Waals surface area (Å²) in [7, 11) is -4.46. The van der Waals surface area contributed by atoms with Crippen LogP contribution >= 0.6 is 7.82 Å². The quantitative estimate of drug-likeness (QED) is 0.698. The maximum atomic E-state index is 10.7. The fraction of sp³-hybridized carbons (Fsp3) is 0.444. The van der Waals surface area contributed by atoms with E-state index in [0.717, 1.165) is 11.4 Å². The Kier molecular flexibility index (Phi) is 3.09. The van der Waals surface area contributed by atoms with Crippen LogP contribution in [-0.2, 0) is 9.09 Å². The van der Waals surface area contributed by atoms with Gasteiger partial charge in [0, 0.05) is 5.69 Å². The molecular weight excluding hydrogens is 245 g/mol. The molecule has 1 aliphatic heterocycles. The van der Waals surface area contributed by atoms with Crippen LogP contribution in [0.25, 0.3) is 0 Å². The van der Waals surface area contributed by atoms with E-state index in [0.29, 0.717) is 5.82 Å². The van der Waals surface area contributed by atoms with Crippen LogP contribution in [0.1, 0.15) is 12.6 Å². The SMILES string of the molecule is Cc1ccc2c(n1)NC(C)N2COP(=O)(O)O. The van der Waals surface area contributed by atoms with E-state index in [9.17, 15) is 4.57 Å². The first-order valence-electron chi connectivity index (χ1n) is 5.08. The molecule has 94 valence electrons. The molecule has 0 radical (unpaired) electrons. The van der Waals surface area contributed by atoms with Crippen molar-refractivity contribution >= 4 is 19.3 Å². The summed E-state index contributed by atoms with van der Waals surface area (Å²) in [6.45, 7) is 3.55. The van der Waals surface area contributed by atoms with E-state index >= 15 is 0 Å². The summed E-state index contributed by atoms with van der Waals surface area (Å²) >= 11 is 0. The van der Waals surface area contributed by atoms with E-state index in [1.54, 1.807) is 4.90 Å². The molecule has 0 bridgehead atoms. The van der Waals surface area contributed by atoms with Gasteiger partial charge >= 0.3 is 7.82 Å². The summed E-state index contributed by atoms with van der Waals surface area (Å²) in [4.78, 5) is 23.4. The predicted molar refractivity (Wildman–Crippen MR) is 62.5 cm³/mol. The number of rotatable bonds is 3. The summed E-state index contributed by atoms with van der Waals surface area (Å²) in [6, 6.07) is 3.68. The number of nitrogens with zero attached hydrogens (tertiary/aromatic N) is 2. The molecule has 0 fully saturated rings. The average molecular weight is 259 g/mol. The molecule has 1 aromatic heterocycles. The Labute approximate surface area is 98.7 Å². The third-order valence-electron chi connectivity index (χ3n) is 2.50. The lowest BCUT2D eigenvalue weighted by Crippen LogP contribution is -2.34. The lowest BCUT2D eigenvalue weighted by Gasteiger charge is -2.23. The van der Waals surface area contributed by atoms with E-state index in [-0.39, 0.29) is 12.9 Å². The molecular formula is C9H14N3O4P. The first kappa shape index (κ1) is 12.3. The lowest BCUT2D eigenvalue weighted by molar-refractivity contribution is 0.194. The molecule has 0 amide bonds. The minimum absolute atomic E-state index is 0.120. The minimum Gasteiger partial charge on any atom is -0.348 e. The fourth-order valence-electron chi connectivity index (χ4n) is 1.69. The van der Waals surface area contributed by atoms with Crippen LogP contribution in [0.4, 0.5) is 11.5 Å². The summed E-state index contributed by atoms with van der Waals surface area (Å²) in [6.07, 6.45) is -0.120. The monoisotopic (exact) mass is 259 g/mol. The van der Waals surface area contributed by atoms with Gasteiger partial charge in [0.2, 0.25) is 0 Å². The molecule has 2 heterocycles. The van der Waals surface area contributed by atoms with E-state index in [2.05, 4.69) is 14.8 Å². The standard InChI is InChI=1S/C9H14N3O4P/c1-6-3-4-8-9(10-6)11-7(2)12(8)5-16-17(13,14)15/h3-4,7H,5H2,1-2H3,(H,10,11)(H2,13,14,15). The van der Waals surface area contributed by atoms with Gasteiger partial charge in [0.25, 0.3) is 0 Å². The molecule has 8 heteroatoms. The summed E-state index contributed by atoms with van der Waals surface area (Å²) < 4.78 is 15.2. The molecule has 7 nitrogen and oxygen atoms in total. The highest BCUT2D eigenvalue weighted by atomic mass is 31.2. The zero-order chi connectivity index (χ0) is 12.6. The Morgan fingerprint density at radius 1 is 1.59 bits per heavy atom. The van der Waals surface area contributed by atoms with Crippen LogP contribution in [0.5, 0.6) is 0 Å². The number of phosphoric ester groups is 1. The average Bonchev–Trinajstić information content (AvgIpc) is 2.48. The summed E-state index contributed by atoms with van der Waals surface area (Å²) in [5.41, 5.74) is 1.65. The third kappa shape index (κ3) is 2.76. The Morgan fingerprint density at radius 2 is 2.29 bits per heavy atom. The second-order valence-corrected chi connectivity index (χ2v) is 5.10. The van der Waals surface area contributed by atoms with Gasteiger partial charge < -0.3 is 20.0 Å². The number of aryl methyl sites for hydroxylation is 1. The molecule has 0 aliphatic carbocycles. The first-order chi connectivity index (χ1) is 7.87. The second kappa shape index (κ2) is 4.27. The van der Waals surface area contributed by atoms with Gasteiger partial charge in [-0.3, -0.25) is 4.52 Å². The maximum Gasteiger partial charge on any atom is 0.471 e. The number of nitrogens with one attached hydrogen (secondary N) is 1. The molecule has 0 saturated carbocycles. The molecule has 1 atom stereocenters. The van der Waals surface area contributed by atoms with E-state index in [4.69, 9.17) is 9.79 Å². The van der Waals surface area contributed by atoms with Crippen molar-refractivity contribution in [3.8, 4) is 0 Å². The van der Waals surface area contributed by atoms with Gasteiger partial charge in [0.1, 0.15) is 6.73 Å². The van der Waals surface area contributed by atoms with Crippen molar-refractivity contribution in [2.75, 3.05) is 16.9 Å². The number of hydrogen-bond donors (Lipinski definition) is 3. The highest BCUT2D eigenvalue weighted by Crippen LogP contribution is 2.39. The lowest BCUT2D eigenvalue weighted by atomic mass is 10.3. The molecule has 0 saturated heterocycles. The summed E-state index contributed by atoms with van der Waals surface area (Å²) in [5.74, 6) is 0.701. The van der Waals surface area contributed by atoms with Crippen LogP contribution < -0.4 is 10.2 Å². The van der Waals surface area contributed by atoms with Crippen molar-refractivity contribution in [1.29, 1.82) is 0 Å². The molecule has 0 spiro atoms. The van der Waals surface area contributed by atoms with Crippen molar-refractivity contribution in [3.63, 3.8) is 0 Å². The van der Waals surface area contributed by atoms with Gasteiger partial charge in [0.05, 0.1) is 11.9 Å².